The Morgan fingerprint density at radius 3 is 2.45 bits per heavy atom. The zero-order valence-corrected chi connectivity index (χ0v) is 13.6. The van der Waals surface area contributed by atoms with Crippen LogP contribution < -0.4 is 15.8 Å². The van der Waals surface area contributed by atoms with Gasteiger partial charge < -0.3 is 10.5 Å². The number of imide groups is 1. The molecule has 5 nitrogen and oxygen atoms in total. The van der Waals surface area contributed by atoms with Gasteiger partial charge in [0.05, 0.1) is 5.02 Å². The van der Waals surface area contributed by atoms with Crippen molar-refractivity contribution in [2.75, 3.05) is 0 Å². The fraction of sp³-hybridized carbons (Fsp3) is 0.0667. The van der Waals surface area contributed by atoms with Crippen LogP contribution in [0.4, 0.5) is 4.79 Å². The van der Waals surface area contributed by atoms with E-state index < -0.39 is 18.0 Å². The minimum absolute atomic E-state index is 0.318. The molecule has 0 radical (unpaired) electrons. The SMILES string of the molecule is NC(=O)NC(=O)[C@H](Oc1ccc(Br)cc1Cl)c1ccccc1. The van der Waals surface area contributed by atoms with Gasteiger partial charge in [-0.25, -0.2) is 4.79 Å². The smallest absolute Gasteiger partial charge is 0.318 e. The molecule has 114 valence electrons. The number of rotatable bonds is 4. The molecule has 0 unspecified atom stereocenters. The van der Waals surface area contributed by atoms with Crippen LogP contribution in [0, 0.1) is 0 Å². The number of halogens is 2. The maximum absolute atomic E-state index is 12.1. The first-order valence-corrected chi connectivity index (χ1v) is 7.41. The van der Waals surface area contributed by atoms with Crippen LogP contribution in [0.15, 0.2) is 53.0 Å². The van der Waals surface area contributed by atoms with E-state index in [0.29, 0.717) is 16.3 Å². The van der Waals surface area contributed by atoms with Crippen molar-refractivity contribution in [1.82, 2.24) is 5.32 Å². The molecule has 0 aliphatic carbocycles. The van der Waals surface area contributed by atoms with E-state index in [2.05, 4.69) is 15.9 Å². The number of primary amides is 1. The van der Waals surface area contributed by atoms with Crippen LogP contribution in [0.2, 0.25) is 5.02 Å². The number of hydrogen-bond acceptors (Lipinski definition) is 3. The van der Waals surface area contributed by atoms with Crippen molar-refractivity contribution in [3.63, 3.8) is 0 Å². The molecule has 2 aromatic carbocycles. The molecule has 22 heavy (non-hydrogen) atoms. The molecule has 0 saturated carbocycles. The lowest BCUT2D eigenvalue weighted by Gasteiger charge is -2.19. The predicted molar refractivity (Wildman–Crippen MR) is 86.7 cm³/mol. The van der Waals surface area contributed by atoms with E-state index >= 15 is 0 Å². The molecule has 1 atom stereocenters. The van der Waals surface area contributed by atoms with E-state index in [-0.39, 0.29) is 0 Å². The monoisotopic (exact) mass is 382 g/mol. The van der Waals surface area contributed by atoms with Gasteiger partial charge in [-0.15, -0.1) is 0 Å². The van der Waals surface area contributed by atoms with Crippen molar-refractivity contribution in [1.29, 1.82) is 0 Å². The molecule has 0 heterocycles. The van der Waals surface area contributed by atoms with Crippen molar-refractivity contribution >= 4 is 39.5 Å². The van der Waals surface area contributed by atoms with Crippen molar-refractivity contribution in [3.8, 4) is 5.75 Å². The van der Waals surface area contributed by atoms with Gasteiger partial charge in [-0.3, -0.25) is 10.1 Å². The maximum Gasteiger partial charge on any atom is 0.318 e. The van der Waals surface area contributed by atoms with Crippen molar-refractivity contribution in [3.05, 3.63) is 63.6 Å². The third-order valence-electron chi connectivity index (χ3n) is 2.73. The van der Waals surface area contributed by atoms with Gasteiger partial charge in [0.2, 0.25) is 6.10 Å². The Labute approximate surface area is 140 Å². The molecule has 7 heteroatoms. The summed E-state index contributed by atoms with van der Waals surface area (Å²) in [5, 5.41) is 2.35. The molecule has 3 amide bonds. The second kappa shape index (κ2) is 7.29. The maximum atomic E-state index is 12.1. The average molecular weight is 384 g/mol. The van der Waals surface area contributed by atoms with E-state index in [1.807, 2.05) is 5.32 Å². The van der Waals surface area contributed by atoms with Crippen LogP contribution in [-0.2, 0) is 4.79 Å². The van der Waals surface area contributed by atoms with Gasteiger partial charge in [0.25, 0.3) is 5.91 Å². The summed E-state index contributed by atoms with van der Waals surface area (Å²) in [6.07, 6.45) is -1.05. The molecule has 2 aromatic rings. The molecule has 2 rings (SSSR count). The van der Waals surface area contributed by atoms with E-state index in [4.69, 9.17) is 22.1 Å². The Kier molecular flexibility index (Phi) is 5.41. The van der Waals surface area contributed by atoms with E-state index in [0.717, 1.165) is 4.47 Å². The van der Waals surface area contributed by atoms with Gasteiger partial charge in [0, 0.05) is 10.0 Å². The Balaban J connectivity index is 2.32. The first-order chi connectivity index (χ1) is 10.5. The molecule has 0 saturated heterocycles. The van der Waals surface area contributed by atoms with Crippen molar-refractivity contribution < 1.29 is 14.3 Å². The first kappa shape index (κ1) is 16.3. The number of carbonyl (C=O) groups excluding carboxylic acids is 2. The lowest BCUT2D eigenvalue weighted by Crippen LogP contribution is -2.40. The zero-order chi connectivity index (χ0) is 16.1. The highest BCUT2D eigenvalue weighted by Gasteiger charge is 2.24. The fourth-order valence-electron chi connectivity index (χ4n) is 1.79. The number of nitrogens with one attached hydrogen (secondary N) is 1. The number of carbonyl (C=O) groups is 2. The summed E-state index contributed by atoms with van der Waals surface area (Å²) >= 11 is 9.38. The van der Waals surface area contributed by atoms with E-state index in [9.17, 15) is 9.59 Å². The third-order valence-corrected chi connectivity index (χ3v) is 3.51. The van der Waals surface area contributed by atoms with Gasteiger partial charge >= 0.3 is 6.03 Å². The van der Waals surface area contributed by atoms with Gasteiger partial charge in [-0.1, -0.05) is 57.9 Å². The molecular formula is C15H12BrClN2O3. The summed E-state index contributed by atoms with van der Waals surface area (Å²) in [7, 11) is 0. The van der Waals surface area contributed by atoms with Crippen molar-refractivity contribution in [2.24, 2.45) is 5.73 Å². The van der Waals surface area contributed by atoms with Gasteiger partial charge in [0.15, 0.2) is 0 Å². The topological polar surface area (TPSA) is 81.4 Å². The standard InChI is InChI=1S/C15H12BrClN2O3/c16-10-6-7-12(11(17)8-10)22-13(14(20)19-15(18)21)9-4-2-1-3-5-9/h1-8,13H,(H3,18,19,20,21)/t13-/m1/s1. The minimum atomic E-state index is -1.05. The Morgan fingerprint density at radius 2 is 1.86 bits per heavy atom. The first-order valence-electron chi connectivity index (χ1n) is 6.24. The highest BCUT2D eigenvalue weighted by atomic mass is 79.9. The van der Waals surface area contributed by atoms with Crippen molar-refractivity contribution in [2.45, 2.75) is 6.10 Å². The van der Waals surface area contributed by atoms with E-state index in [1.165, 1.54) is 0 Å². The summed E-state index contributed by atoms with van der Waals surface area (Å²) in [5.74, 6) is -0.351. The lowest BCUT2D eigenvalue weighted by atomic mass is 10.1. The largest absolute Gasteiger partial charge is 0.474 e. The molecule has 0 spiro atoms. The Bertz CT molecular complexity index is 694. The van der Waals surface area contributed by atoms with Crippen LogP contribution >= 0.6 is 27.5 Å². The number of hydrogen-bond donors (Lipinski definition) is 2. The molecule has 3 N–H and O–H groups in total. The van der Waals surface area contributed by atoms with Crippen LogP contribution in [0.5, 0.6) is 5.75 Å². The number of amides is 3. The second-order valence-corrected chi connectivity index (χ2v) is 5.66. The van der Waals surface area contributed by atoms with Crippen LogP contribution in [0.25, 0.3) is 0 Å². The third kappa shape index (κ3) is 4.22. The van der Waals surface area contributed by atoms with E-state index in [1.54, 1.807) is 48.5 Å². The molecule has 0 bridgehead atoms. The fourth-order valence-corrected chi connectivity index (χ4v) is 2.50. The van der Waals surface area contributed by atoms with Gasteiger partial charge in [-0.05, 0) is 18.2 Å². The average Bonchev–Trinajstić information content (AvgIpc) is 2.46. The summed E-state index contributed by atoms with van der Waals surface area (Å²) in [5.41, 5.74) is 5.56. The molecule has 0 aliphatic heterocycles. The van der Waals surface area contributed by atoms with Crippen LogP contribution in [0.1, 0.15) is 11.7 Å². The molecule has 0 aromatic heterocycles. The van der Waals surface area contributed by atoms with Crippen LogP contribution in [0.3, 0.4) is 0 Å². The molecule has 0 fully saturated rings. The summed E-state index contributed by atoms with van der Waals surface area (Å²) < 4.78 is 6.46. The predicted octanol–water partition coefficient (Wildman–Crippen LogP) is 3.42. The quantitative estimate of drug-likeness (QED) is 0.849. The van der Waals surface area contributed by atoms with Gasteiger partial charge in [0.1, 0.15) is 5.75 Å². The summed E-state index contributed by atoms with van der Waals surface area (Å²) in [6, 6.07) is 12.8. The Hall–Kier alpha value is -2.05. The normalized spacial score (nSPS) is 11.5. The lowest BCUT2D eigenvalue weighted by molar-refractivity contribution is -0.127. The van der Waals surface area contributed by atoms with Crippen LogP contribution in [-0.4, -0.2) is 11.9 Å². The zero-order valence-electron chi connectivity index (χ0n) is 11.3. The van der Waals surface area contributed by atoms with Gasteiger partial charge in [-0.2, -0.15) is 0 Å². The minimum Gasteiger partial charge on any atom is -0.474 e. The molecule has 0 aliphatic rings. The number of nitrogens with two attached hydrogens (primary N) is 1. The Morgan fingerprint density at radius 1 is 1.18 bits per heavy atom. The summed E-state index contributed by atoms with van der Waals surface area (Å²) in [6.45, 7) is 0. The molecular weight excluding hydrogens is 372 g/mol. The number of urea groups is 1. The number of ether oxygens (including phenoxy) is 1. The highest BCUT2D eigenvalue weighted by molar-refractivity contribution is 9.10. The number of benzene rings is 2. The highest BCUT2D eigenvalue weighted by Crippen LogP contribution is 2.31. The summed E-state index contributed by atoms with van der Waals surface area (Å²) in [4.78, 5) is 23.1. The second-order valence-electron chi connectivity index (χ2n) is 4.34.